The summed E-state index contributed by atoms with van der Waals surface area (Å²) in [5.74, 6) is 2.87. The molecule has 1 atom stereocenters. The Morgan fingerprint density at radius 1 is 1.25 bits per heavy atom. The molecule has 2 aliphatic heterocycles. The van der Waals surface area contributed by atoms with E-state index in [1.54, 1.807) is 0 Å². The number of unbranched alkanes of at least 4 members (excludes halogenated alkanes) is 1. The largest absolute Gasteiger partial charge is 0.454 e. The second-order valence-corrected chi connectivity index (χ2v) is 6.91. The van der Waals surface area contributed by atoms with Gasteiger partial charge >= 0.3 is 0 Å². The van der Waals surface area contributed by atoms with Crippen molar-refractivity contribution < 1.29 is 9.47 Å². The lowest BCUT2D eigenvalue weighted by molar-refractivity contribution is 0.174. The second kappa shape index (κ2) is 7.01. The molecule has 0 bridgehead atoms. The van der Waals surface area contributed by atoms with Gasteiger partial charge in [0, 0.05) is 31.1 Å². The van der Waals surface area contributed by atoms with Gasteiger partial charge in [-0.1, -0.05) is 19.8 Å². The highest BCUT2D eigenvalue weighted by atomic mass is 16.7. The molecule has 3 heterocycles. The van der Waals surface area contributed by atoms with Crippen LogP contribution in [0.5, 0.6) is 11.5 Å². The third-order valence-corrected chi connectivity index (χ3v) is 5.19. The Labute approximate surface area is 143 Å². The highest BCUT2D eigenvalue weighted by Crippen LogP contribution is 2.36. The number of nitrogens with one attached hydrogen (secondary N) is 1. The Morgan fingerprint density at radius 3 is 2.92 bits per heavy atom. The van der Waals surface area contributed by atoms with Gasteiger partial charge in [-0.15, -0.1) is 0 Å². The van der Waals surface area contributed by atoms with E-state index in [0.29, 0.717) is 12.8 Å². The van der Waals surface area contributed by atoms with E-state index in [9.17, 15) is 0 Å². The van der Waals surface area contributed by atoms with Crippen molar-refractivity contribution in [3.8, 4) is 11.5 Å². The van der Waals surface area contributed by atoms with Crippen LogP contribution in [0.4, 0.5) is 0 Å². The molecule has 1 fully saturated rings. The molecule has 5 nitrogen and oxygen atoms in total. The summed E-state index contributed by atoms with van der Waals surface area (Å²) in [5.41, 5.74) is 2.21. The highest BCUT2D eigenvalue weighted by Gasteiger charge is 2.20. The first-order valence-corrected chi connectivity index (χ1v) is 9.37. The van der Waals surface area contributed by atoms with E-state index in [2.05, 4.69) is 22.9 Å². The molecule has 2 aromatic rings. The second-order valence-electron chi connectivity index (χ2n) is 6.91. The van der Waals surface area contributed by atoms with Crippen molar-refractivity contribution in [2.24, 2.45) is 0 Å². The molecule has 24 heavy (non-hydrogen) atoms. The summed E-state index contributed by atoms with van der Waals surface area (Å²) >= 11 is 0. The maximum Gasteiger partial charge on any atom is 0.231 e. The topological polar surface area (TPSA) is 48.3 Å². The standard InChI is InChI=1S/C19H27N3O2/c1-2-3-7-19-21-15-11-17-18(24-13-23-17)12-16(15)22(19)10-8-14-6-4-5-9-20-14/h11-12,14,20H,2-10,13H2,1H3. The number of rotatable bonds is 6. The van der Waals surface area contributed by atoms with Gasteiger partial charge in [0.25, 0.3) is 0 Å². The summed E-state index contributed by atoms with van der Waals surface area (Å²) in [6.07, 6.45) is 8.53. The van der Waals surface area contributed by atoms with Gasteiger partial charge in [-0.25, -0.2) is 4.98 Å². The lowest BCUT2D eigenvalue weighted by Gasteiger charge is -2.24. The molecule has 0 amide bonds. The molecule has 0 aliphatic carbocycles. The van der Waals surface area contributed by atoms with Crippen molar-refractivity contribution in [3.05, 3.63) is 18.0 Å². The molecule has 2 aliphatic rings. The summed E-state index contributed by atoms with van der Waals surface area (Å²) in [6, 6.07) is 4.78. The van der Waals surface area contributed by atoms with Crippen molar-refractivity contribution in [1.29, 1.82) is 0 Å². The first kappa shape index (κ1) is 15.8. The third kappa shape index (κ3) is 3.09. The average molecular weight is 329 g/mol. The summed E-state index contributed by atoms with van der Waals surface area (Å²) in [6.45, 7) is 4.73. The Kier molecular flexibility index (Phi) is 4.60. The molecule has 1 aromatic carbocycles. The van der Waals surface area contributed by atoms with Crippen LogP contribution < -0.4 is 14.8 Å². The first-order valence-electron chi connectivity index (χ1n) is 9.37. The van der Waals surface area contributed by atoms with Gasteiger partial charge in [0.2, 0.25) is 6.79 Å². The van der Waals surface area contributed by atoms with E-state index in [-0.39, 0.29) is 0 Å². The fraction of sp³-hybridized carbons (Fsp3) is 0.632. The van der Waals surface area contributed by atoms with Crippen LogP contribution in [-0.2, 0) is 13.0 Å². The lowest BCUT2D eigenvalue weighted by Crippen LogP contribution is -2.34. The molecular weight excluding hydrogens is 302 g/mol. The predicted molar refractivity (Wildman–Crippen MR) is 94.7 cm³/mol. The normalized spacial score (nSPS) is 20.0. The number of aryl methyl sites for hydroxylation is 2. The number of hydrogen-bond donors (Lipinski definition) is 1. The maximum atomic E-state index is 5.57. The van der Waals surface area contributed by atoms with Crippen molar-refractivity contribution in [1.82, 2.24) is 14.9 Å². The molecule has 1 saturated heterocycles. The highest BCUT2D eigenvalue weighted by molar-refractivity contribution is 5.81. The van der Waals surface area contributed by atoms with Crippen LogP contribution in [-0.4, -0.2) is 28.9 Å². The molecule has 0 spiro atoms. The number of nitrogens with zero attached hydrogens (tertiary/aromatic N) is 2. The number of fused-ring (bicyclic) bond motifs is 2. The van der Waals surface area contributed by atoms with Gasteiger partial charge in [-0.05, 0) is 32.2 Å². The van der Waals surface area contributed by atoms with Gasteiger partial charge in [0.05, 0.1) is 11.0 Å². The van der Waals surface area contributed by atoms with E-state index in [0.717, 1.165) is 36.5 Å². The number of hydrogen-bond acceptors (Lipinski definition) is 4. The third-order valence-electron chi connectivity index (χ3n) is 5.19. The molecule has 0 saturated carbocycles. The average Bonchev–Trinajstić information content (AvgIpc) is 3.20. The monoisotopic (exact) mass is 329 g/mol. The van der Waals surface area contributed by atoms with E-state index < -0.39 is 0 Å². The molecule has 5 heteroatoms. The van der Waals surface area contributed by atoms with Crippen molar-refractivity contribution in [2.45, 2.75) is 64.5 Å². The van der Waals surface area contributed by atoms with Crippen LogP contribution in [0, 0.1) is 0 Å². The molecule has 4 rings (SSSR count). The molecular formula is C19H27N3O2. The lowest BCUT2D eigenvalue weighted by atomic mass is 10.0. The molecule has 1 N–H and O–H groups in total. The van der Waals surface area contributed by atoms with E-state index in [1.165, 1.54) is 49.9 Å². The number of benzene rings is 1. The zero-order chi connectivity index (χ0) is 16.4. The Hall–Kier alpha value is -1.75. The summed E-state index contributed by atoms with van der Waals surface area (Å²) in [7, 11) is 0. The van der Waals surface area contributed by atoms with Gasteiger partial charge in [0.15, 0.2) is 11.5 Å². The number of piperidine rings is 1. The van der Waals surface area contributed by atoms with Crippen LogP contribution in [0.15, 0.2) is 12.1 Å². The number of ether oxygens (including phenoxy) is 2. The summed E-state index contributed by atoms with van der Waals surface area (Å²) in [5, 5.41) is 3.66. The van der Waals surface area contributed by atoms with Gasteiger partial charge in [0.1, 0.15) is 5.82 Å². The zero-order valence-corrected chi connectivity index (χ0v) is 14.5. The van der Waals surface area contributed by atoms with E-state index in [4.69, 9.17) is 14.5 Å². The van der Waals surface area contributed by atoms with Crippen molar-refractivity contribution in [3.63, 3.8) is 0 Å². The van der Waals surface area contributed by atoms with Crippen molar-refractivity contribution in [2.75, 3.05) is 13.3 Å². The number of imidazole rings is 1. The van der Waals surface area contributed by atoms with Crippen LogP contribution in [0.3, 0.4) is 0 Å². The van der Waals surface area contributed by atoms with Crippen molar-refractivity contribution >= 4 is 11.0 Å². The molecule has 1 aromatic heterocycles. The van der Waals surface area contributed by atoms with E-state index >= 15 is 0 Å². The fourth-order valence-electron chi connectivity index (χ4n) is 3.80. The smallest absolute Gasteiger partial charge is 0.231 e. The zero-order valence-electron chi connectivity index (χ0n) is 14.5. The van der Waals surface area contributed by atoms with Crippen LogP contribution >= 0.6 is 0 Å². The molecule has 130 valence electrons. The van der Waals surface area contributed by atoms with E-state index in [1.807, 2.05) is 6.07 Å². The Balaban J connectivity index is 1.61. The fourth-order valence-corrected chi connectivity index (χ4v) is 3.80. The summed E-state index contributed by atoms with van der Waals surface area (Å²) < 4.78 is 13.5. The van der Waals surface area contributed by atoms with Gasteiger partial charge < -0.3 is 19.4 Å². The minimum absolute atomic E-state index is 0.316. The van der Waals surface area contributed by atoms with Crippen LogP contribution in [0.25, 0.3) is 11.0 Å². The Bertz CT molecular complexity index is 704. The summed E-state index contributed by atoms with van der Waals surface area (Å²) in [4.78, 5) is 4.90. The predicted octanol–water partition coefficient (Wildman–Crippen LogP) is 3.64. The molecule has 0 radical (unpaired) electrons. The Morgan fingerprint density at radius 2 is 2.12 bits per heavy atom. The molecule has 1 unspecified atom stereocenters. The van der Waals surface area contributed by atoms with Crippen LogP contribution in [0.2, 0.25) is 0 Å². The SMILES string of the molecule is CCCCc1nc2cc3c(cc2n1CCC1CCCCN1)OCO3. The van der Waals surface area contributed by atoms with Crippen LogP contribution in [0.1, 0.15) is 51.3 Å². The maximum absolute atomic E-state index is 5.57. The van der Waals surface area contributed by atoms with Gasteiger partial charge in [-0.3, -0.25) is 0 Å². The minimum atomic E-state index is 0.316. The number of aromatic nitrogens is 2. The van der Waals surface area contributed by atoms with Gasteiger partial charge in [-0.2, -0.15) is 0 Å². The minimum Gasteiger partial charge on any atom is -0.454 e. The quantitative estimate of drug-likeness (QED) is 0.879. The first-order chi connectivity index (χ1) is 11.8.